The molecular weight excluding hydrogens is 332 g/mol. The van der Waals surface area contributed by atoms with Crippen LogP contribution in [-0.2, 0) is 22.6 Å². The number of aromatic nitrogens is 2. The Morgan fingerprint density at radius 3 is 2.50 bits per heavy atom. The quantitative estimate of drug-likeness (QED) is 0.726. The number of hydrogen-bond acceptors (Lipinski definition) is 4. The highest BCUT2D eigenvalue weighted by Crippen LogP contribution is 2.10. The molecule has 0 bridgehead atoms. The van der Waals surface area contributed by atoms with Gasteiger partial charge in [0.2, 0.25) is 11.8 Å². The normalized spacial score (nSPS) is 10.5. The highest BCUT2D eigenvalue weighted by atomic mass is 16.2. The lowest BCUT2D eigenvalue weighted by Gasteiger charge is -2.09. The number of nitrogens with zero attached hydrogens (tertiary/aromatic N) is 2. The third-order valence-electron chi connectivity index (χ3n) is 3.93. The van der Waals surface area contributed by atoms with E-state index in [4.69, 9.17) is 0 Å². The van der Waals surface area contributed by atoms with Crippen LogP contribution < -0.4 is 16.2 Å². The molecule has 0 atom stereocenters. The van der Waals surface area contributed by atoms with Crippen molar-refractivity contribution in [3.8, 4) is 0 Å². The topological polar surface area (TPSA) is 93.1 Å². The molecule has 132 valence electrons. The van der Waals surface area contributed by atoms with Crippen LogP contribution in [0.5, 0.6) is 0 Å². The smallest absolute Gasteiger partial charge is 0.261 e. The zero-order chi connectivity index (χ0) is 18.5. The highest BCUT2D eigenvalue weighted by Gasteiger charge is 2.08. The summed E-state index contributed by atoms with van der Waals surface area (Å²) in [6.07, 6.45) is 1.65. The minimum Gasteiger partial charge on any atom is -0.359 e. The largest absolute Gasteiger partial charge is 0.359 e. The molecule has 0 fully saturated rings. The van der Waals surface area contributed by atoms with Crippen LogP contribution in [0.2, 0.25) is 0 Å². The van der Waals surface area contributed by atoms with Gasteiger partial charge in [0.1, 0.15) is 6.54 Å². The van der Waals surface area contributed by atoms with Crippen LogP contribution in [0.3, 0.4) is 0 Å². The third kappa shape index (κ3) is 3.94. The van der Waals surface area contributed by atoms with E-state index in [2.05, 4.69) is 15.6 Å². The molecule has 0 spiro atoms. The van der Waals surface area contributed by atoms with Gasteiger partial charge in [-0.25, -0.2) is 4.98 Å². The first-order chi connectivity index (χ1) is 12.6. The summed E-state index contributed by atoms with van der Waals surface area (Å²) in [6.45, 7) is -0.128. The summed E-state index contributed by atoms with van der Waals surface area (Å²) >= 11 is 0. The van der Waals surface area contributed by atoms with Gasteiger partial charge in [-0.2, -0.15) is 0 Å². The van der Waals surface area contributed by atoms with Crippen LogP contribution in [0.4, 0.5) is 5.69 Å². The van der Waals surface area contributed by atoms with Gasteiger partial charge in [0.25, 0.3) is 5.56 Å². The molecular formula is C19H18N4O3. The van der Waals surface area contributed by atoms with E-state index in [0.29, 0.717) is 16.6 Å². The van der Waals surface area contributed by atoms with E-state index >= 15 is 0 Å². The van der Waals surface area contributed by atoms with Gasteiger partial charge in [0, 0.05) is 12.7 Å². The Morgan fingerprint density at radius 1 is 1.04 bits per heavy atom. The number of anilines is 1. The van der Waals surface area contributed by atoms with Gasteiger partial charge in [-0.3, -0.25) is 19.0 Å². The zero-order valence-electron chi connectivity index (χ0n) is 14.2. The van der Waals surface area contributed by atoms with Gasteiger partial charge in [0.05, 0.1) is 23.7 Å². The Balaban J connectivity index is 1.68. The number of carbonyl (C=O) groups is 2. The molecule has 0 aliphatic carbocycles. The molecule has 0 saturated heterocycles. The van der Waals surface area contributed by atoms with Crippen LogP contribution in [0.15, 0.2) is 59.7 Å². The van der Waals surface area contributed by atoms with Crippen molar-refractivity contribution in [2.75, 3.05) is 12.4 Å². The summed E-state index contributed by atoms with van der Waals surface area (Å²) in [5, 5.41) is 5.77. The molecule has 7 nitrogen and oxygen atoms in total. The van der Waals surface area contributed by atoms with Crippen molar-refractivity contribution >= 4 is 28.4 Å². The van der Waals surface area contributed by atoms with Crippen molar-refractivity contribution in [1.29, 1.82) is 0 Å². The Hall–Kier alpha value is -3.48. The molecule has 26 heavy (non-hydrogen) atoms. The fourth-order valence-corrected chi connectivity index (χ4v) is 2.55. The summed E-state index contributed by atoms with van der Waals surface area (Å²) in [6, 6.07) is 14.0. The highest BCUT2D eigenvalue weighted by molar-refractivity contribution is 5.90. The number of nitrogens with one attached hydrogen (secondary N) is 2. The number of para-hydroxylation sites is 1. The predicted octanol–water partition coefficient (Wildman–Crippen LogP) is 1.32. The molecule has 3 aromatic rings. The van der Waals surface area contributed by atoms with Crippen molar-refractivity contribution < 1.29 is 9.59 Å². The summed E-state index contributed by atoms with van der Waals surface area (Å²) in [5.74, 6) is -0.409. The van der Waals surface area contributed by atoms with Gasteiger partial charge in [0.15, 0.2) is 0 Å². The first-order valence-electron chi connectivity index (χ1n) is 8.10. The van der Waals surface area contributed by atoms with E-state index in [9.17, 15) is 14.4 Å². The molecule has 0 unspecified atom stereocenters. The SMILES string of the molecule is CNC(=O)Cc1ccc(NC(=O)Cn2cnc3ccccc3c2=O)cc1. The number of likely N-dealkylation sites (N-methyl/N-ethyl adjacent to an activating group) is 1. The average Bonchev–Trinajstić information content (AvgIpc) is 2.65. The number of hydrogen-bond donors (Lipinski definition) is 2. The van der Waals surface area contributed by atoms with E-state index in [1.807, 2.05) is 0 Å². The minimum atomic E-state index is -0.330. The summed E-state index contributed by atoms with van der Waals surface area (Å²) in [5.41, 5.74) is 1.78. The second-order valence-electron chi connectivity index (χ2n) is 5.79. The summed E-state index contributed by atoms with van der Waals surface area (Å²) < 4.78 is 1.28. The molecule has 2 aromatic carbocycles. The van der Waals surface area contributed by atoms with Crippen LogP contribution in [-0.4, -0.2) is 28.4 Å². The van der Waals surface area contributed by atoms with Crippen molar-refractivity contribution in [2.45, 2.75) is 13.0 Å². The minimum absolute atomic E-state index is 0.0787. The number of fused-ring (bicyclic) bond motifs is 1. The van der Waals surface area contributed by atoms with E-state index < -0.39 is 0 Å². The van der Waals surface area contributed by atoms with Gasteiger partial charge < -0.3 is 10.6 Å². The van der Waals surface area contributed by atoms with Crippen molar-refractivity contribution in [2.24, 2.45) is 0 Å². The van der Waals surface area contributed by atoms with Gasteiger partial charge in [-0.1, -0.05) is 24.3 Å². The van der Waals surface area contributed by atoms with Crippen molar-refractivity contribution in [3.05, 3.63) is 70.8 Å². The van der Waals surface area contributed by atoms with Crippen LogP contribution in [0.1, 0.15) is 5.56 Å². The maximum atomic E-state index is 12.4. The maximum Gasteiger partial charge on any atom is 0.261 e. The Kier molecular flexibility index (Phi) is 5.07. The standard InChI is InChI=1S/C19H18N4O3/c1-20-17(24)10-13-6-8-14(9-7-13)22-18(25)11-23-12-21-16-5-3-2-4-15(16)19(23)26/h2-9,12H,10-11H2,1H3,(H,20,24)(H,22,25). The zero-order valence-corrected chi connectivity index (χ0v) is 14.2. The Bertz CT molecular complexity index is 1010. The van der Waals surface area contributed by atoms with Crippen molar-refractivity contribution in [3.63, 3.8) is 0 Å². The van der Waals surface area contributed by atoms with Gasteiger partial charge in [-0.05, 0) is 29.8 Å². The molecule has 2 amide bonds. The second kappa shape index (κ2) is 7.60. The monoisotopic (exact) mass is 350 g/mol. The van der Waals surface area contributed by atoms with Crippen LogP contribution in [0.25, 0.3) is 10.9 Å². The summed E-state index contributed by atoms with van der Waals surface area (Å²) in [7, 11) is 1.58. The molecule has 7 heteroatoms. The molecule has 1 heterocycles. The number of rotatable bonds is 5. The first-order valence-corrected chi connectivity index (χ1v) is 8.10. The van der Waals surface area contributed by atoms with Crippen LogP contribution in [0, 0.1) is 0 Å². The predicted molar refractivity (Wildman–Crippen MR) is 98.8 cm³/mol. The molecule has 2 N–H and O–H groups in total. The fourth-order valence-electron chi connectivity index (χ4n) is 2.55. The molecule has 0 aliphatic rings. The number of amides is 2. The van der Waals surface area contributed by atoms with E-state index in [-0.39, 0.29) is 30.3 Å². The molecule has 0 radical (unpaired) electrons. The molecule has 1 aromatic heterocycles. The van der Waals surface area contributed by atoms with Gasteiger partial charge >= 0.3 is 0 Å². The first kappa shape index (κ1) is 17.3. The Morgan fingerprint density at radius 2 is 1.77 bits per heavy atom. The Labute approximate surface area is 149 Å². The second-order valence-corrected chi connectivity index (χ2v) is 5.79. The lowest BCUT2D eigenvalue weighted by Crippen LogP contribution is -2.27. The number of benzene rings is 2. The average molecular weight is 350 g/mol. The lowest BCUT2D eigenvalue weighted by molar-refractivity contribution is -0.120. The fraction of sp³-hybridized carbons (Fsp3) is 0.158. The van der Waals surface area contributed by atoms with E-state index in [1.165, 1.54) is 10.9 Å². The van der Waals surface area contributed by atoms with Crippen molar-refractivity contribution in [1.82, 2.24) is 14.9 Å². The maximum absolute atomic E-state index is 12.4. The molecule has 3 rings (SSSR count). The van der Waals surface area contributed by atoms with Crippen LogP contribution >= 0.6 is 0 Å². The molecule has 0 aliphatic heterocycles. The third-order valence-corrected chi connectivity index (χ3v) is 3.93. The lowest BCUT2D eigenvalue weighted by atomic mass is 10.1. The van der Waals surface area contributed by atoms with E-state index in [1.54, 1.807) is 55.6 Å². The number of carbonyl (C=O) groups excluding carboxylic acids is 2. The molecule has 0 saturated carbocycles. The summed E-state index contributed by atoms with van der Waals surface area (Å²) in [4.78, 5) is 40.2. The van der Waals surface area contributed by atoms with Gasteiger partial charge in [-0.15, -0.1) is 0 Å². The van der Waals surface area contributed by atoms with E-state index in [0.717, 1.165) is 5.56 Å².